The van der Waals surface area contributed by atoms with E-state index in [0.717, 1.165) is 23.3 Å². The second kappa shape index (κ2) is 8.68. The number of aromatic amines is 1. The van der Waals surface area contributed by atoms with Crippen molar-refractivity contribution in [3.05, 3.63) is 97.1 Å². The Morgan fingerprint density at radius 3 is 2.42 bits per heavy atom. The molecule has 1 heterocycles. The summed E-state index contributed by atoms with van der Waals surface area (Å²) in [7, 11) is 0. The van der Waals surface area contributed by atoms with Crippen LogP contribution in [0.25, 0.3) is 16.3 Å². The standard InChI is InChI=1S/C12H12.C10H12N2/c1-2-10-7-8-11-5-3-4-6-12(11)9-10;1-4-8(3)9(5-2)10-6-11-7-12-10/h3-9H,2H2,1H3;4-7H,1-2H2,3H3,(H,11,12)/b;9-8+. The minimum absolute atomic E-state index is 0.974. The van der Waals surface area contributed by atoms with E-state index in [0.29, 0.717) is 0 Å². The molecular formula is C22H24N2. The molecule has 0 aliphatic carbocycles. The first-order valence-corrected chi connectivity index (χ1v) is 8.11. The summed E-state index contributed by atoms with van der Waals surface area (Å²) in [6.07, 6.45) is 8.13. The quantitative estimate of drug-likeness (QED) is 0.591. The van der Waals surface area contributed by atoms with Crippen molar-refractivity contribution in [1.82, 2.24) is 9.97 Å². The van der Waals surface area contributed by atoms with Crippen LogP contribution in [0.2, 0.25) is 0 Å². The van der Waals surface area contributed by atoms with E-state index in [9.17, 15) is 0 Å². The Bertz CT molecular complexity index is 839. The summed E-state index contributed by atoms with van der Waals surface area (Å²) in [5, 5.41) is 2.67. The lowest BCUT2D eigenvalue weighted by Gasteiger charge is -2.00. The Kier molecular flexibility index (Phi) is 6.32. The molecule has 3 aromatic rings. The van der Waals surface area contributed by atoms with Gasteiger partial charge in [-0.15, -0.1) is 0 Å². The molecule has 0 unspecified atom stereocenters. The first-order valence-electron chi connectivity index (χ1n) is 8.11. The van der Waals surface area contributed by atoms with Gasteiger partial charge in [-0.1, -0.05) is 74.7 Å². The van der Waals surface area contributed by atoms with Gasteiger partial charge in [0.25, 0.3) is 0 Å². The summed E-state index contributed by atoms with van der Waals surface area (Å²) in [5.41, 5.74) is 4.52. The molecule has 0 radical (unpaired) electrons. The molecule has 0 spiro atoms. The number of nitrogens with one attached hydrogen (secondary N) is 1. The zero-order chi connectivity index (χ0) is 17.4. The van der Waals surface area contributed by atoms with Gasteiger partial charge in [-0.05, 0) is 35.3 Å². The van der Waals surface area contributed by atoms with Crippen molar-refractivity contribution >= 4 is 16.3 Å². The number of H-pyrrole nitrogens is 1. The smallest absolute Gasteiger partial charge is 0.0924 e. The number of aromatic nitrogens is 2. The molecule has 0 saturated heterocycles. The average molecular weight is 316 g/mol. The minimum Gasteiger partial charge on any atom is -0.345 e. The van der Waals surface area contributed by atoms with Gasteiger partial charge in [-0.3, -0.25) is 0 Å². The highest BCUT2D eigenvalue weighted by atomic mass is 14.9. The molecule has 122 valence electrons. The van der Waals surface area contributed by atoms with Gasteiger partial charge in [0.1, 0.15) is 0 Å². The number of fused-ring (bicyclic) bond motifs is 1. The Morgan fingerprint density at radius 1 is 1.08 bits per heavy atom. The Morgan fingerprint density at radius 2 is 1.83 bits per heavy atom. The summed E-state index contributed by atoms with van der Waals surface area (Å²) in [6, 6.07) is 15.1. The van der Waals surface area contributed by atoms with Crippen LogP contribution in [0.4, 0.5) is 0 Å². The second-order valence-corrected chi connectivity index (χ2v) is 5.51. The van der Waals surface area contributed by atoms with Crippen LogP contribution in [0.3, 0.4) is 0 Å². The monoisotopic (exact) mass is 316 g/mol. The summed E-state index contributed by atoms with van der Waals surface area (Å²) in [5.74, 6) is 0. The molecule has 0 aliphatic heterocycles. The molecule has 2 heteroatoms. The fourth-order valence-electron chi connectivity index (χ4n) is 2.46. The predicted molar refractivity (Wildman–Crippen MR) is 105 cm³/mol. The molecule has 1 N–H and O–H groups in total. The predicted octanol–water partition coefficient (Wildman–Crippen LogP) is 5.96. The van der Waals surface area contributed by atoms with Crippen molar-refractivity contribution < 1.29 is 0 Å². The molecule has 0 bridgehead atoms. The van der Waals surface area contributed by atoms with Gasteiger partial charge < -0.3 is 4.98 Å². The van der Waals surface area contributed by atoms with Crippen LogP contribution in [0.15, 0.2) is 85.9 Å². The van der Waals surface area contributed by atoms with E-state index in [-0.39, 0.29) is 0 Å². The first-order chi connectivity index (χ1) is 11.7. The fraction of sp³-hybridized carbons (Fsp3) is 0.136. The summed E-state index contributed by atoms with van der Waals surface area (Å²) >= 11 is 0. The topological polar surface area (TPSA) is 28.7 Å². The van der Waals surface area contributed by atoms with Gasteiger partial charge >= 0.3 is 0 Å². The number of rotatable bonds is 4. The zero-order valence-corrected chi connectivity index (χ0v) is 14.4. The third-order valence-corrected chi connectivity index (χ3v) is 3.95. The SMILES string of the molecule is C=C/C(C)=C(\C=C)c1cnc[nH]1.CCc1ccc2ccccc2c1. The van der Waals surface area contributed by atoms with Gasteiger partial charge in [0.2, 0.25) is 0 Å². The Hall–Kier alpha value is -2.87. The highest BCUT2D eigenvalue weighted by Crippen LogP contribution is 2.17. The number of hydrogen-bond acceptors (Lipinski definition) is 1. The molecule has 0 atom stereocenters. The van der Waals surface area contributed by atoms with Crippen LogP contribution in [-0.2, 0) is 6.42 Å². The molecule has 24 heavy (non-hydrogen) atoms. The summed E-state index contributed by atoms with van der Waals surface area (Å²) < 4.78 is 0. The molecule has 2 nitrogen and oxygen atoms in total. The number of nitrogens with zero attached hydrogens (tertiary/aromatic N) is 1. The van der Waals surface area contributed by atoms with Crippen molar-refractivity contribution in [3.63, 3.8) is 0 Å². The Labute approximate surface area is 144 Å². The normalized spacial score (nSPS) is 11.2. The minimum atomic E-state index is 0.974. The van der Waals surface area contributed by atoms with E-state index in [1.54, 1.807) is 24.7 Å². The maximum absolute atomic E-state index is 3.94. The fourth-order valence-corrected chi connectivity index (χ4v) is 2.46. The largest absolute Gasteiger partial charge is 0.345 e. The van der Waals surface area contributed by atoms with E-state index in [1.807, 2.05) is 6.92 Å². The maximum atomic E-state index is 3.94. The summed E-state index contributed by atoms with van der Waals surface area (Å²) in [6.45, 7) is 11.6. The highest BCUT2D eigenvalue weighted by molar-refractivity contribution is 5.83. The van der Waals surface area contributed by atoms with Crippen LogP contribution < -0.4 is 0 Å². The zero-order valence-electron chi connectivity index (χ0n) is 14.4. The van der Waals surface area contributed by atoms with Gasteiger partial charge in [-0.25, -0.2) is 4.98 Å². The van der Waals surface area contributed by atoms with Gasteiger partial charge in [0, 0.05) is 5.57 Å². The lowest BCUT2D eigenvalue weighted by molar-refractivity contribution is 1.15. The number of benzene rings is 2. The van der Waals surface area contributed by atoms with Crippen molar-refractivity contribution in [2.45, 2.75) is 20.3 Å². The first kappa shape index (κ1) is 17.5. The number of hydrogen-bond donors (Lipinski definition) is 1. The molecule has 0 aliphatic rings. The van der Waals surface area contributed by atoms with Crippen LogP contribution in [0.1, 0.15) is 25.1 Å². The molecule has 1 aromatic heterocycles. The number of allylic oxidation sites excluding steroid dienone is 4. The Balaban J connectivity index is 0.000000174. The molecule has 0 saturated carbocycles. The lowest BCUT2D eigenvalue weighted by Crippen LogP contribution is -1.83. The van der Waals surface area contributed by atoms with E-state index in [2.05, 4.69) is 72.5 Å². The molecule has 3 rings (SSSR count). The van der Waals surface area contributed by atoms with Crippen LogP contribution in [0.5, 0.6) is 0 Å². The summed E-state index contributed by atoms with van der Waals surface area (Å²) in [4.78, 5) is 6.95. The van der Waals surface area contributed by atoms with E-state index < -0.39 is 0 Å². The van der Waals surface area contributed by atoms with E-state index in [1.165, 1.54) is 16.3 Å². The van der Waals surface area contributed by atoms with Crippen LogP contribution in [0, 0.1) is 0 Å². The van der Waals surface area contributed by atoms with Crippen molar-refractivity contribution in [2.75, 3.05) is 0 Å². The van der Waals surface area contributed by atoms with E-state index >= 15 is 0 Å². The van der Waals surface area contributed by atoms with Gasteiger partial charge in [0.05, 0.1) is 18.2 Å². The van der Waals surface area contributed by atoms with Crippen molar-refractivity contribution in [2.24, 2.45) is 0 Å². The third kappa shape index (κ3) is 4.32. The molecule has 2 aromatic carbocycles. The van der Waals surface area contributed by atoms with Crippen LogP contribution in [-0.4, -0.2) is 9.97 Å². The van der Waals surface area contributed by atoms with Crippen molar-refractivity contribution in [1.29, 1.82) is 0 Å². The molecule has 0 fully saturated rings. The lowest BCUT2D eigenvalue weighted by atomic mass is 10.1. The maximum Gasteiger partial charge on any atom is 0.0924 e. The third-order valence-electron chi connectivity index (χ3n) is 3.95. The van der Waals surface area contributed by atoms with E-state index in [4.69, 9.17) is 0 Å². The molecule has 0 amide bonds. The second-order valence-electron chi connectivity index (χ2n) is 5.51. The molecular weight excluding hydrogens is 292 g/mol. The van der Waals surface area contributed by atoms with Gasteiger partial charge in [0.15, 0.2) is 0 Å². The van der Waals surface area contributed by atoms with Crippen molar-refractivity contribution in [3.8, 4) is 0 Å². The average Bonchev–Trinajstić information content (AvgIpc) is 3.16. The van der Waals surface area contributed by atoms with Crippen LogP contribution >= 0.6 is 0 Å². The highest BCUT2D eigenvalue weighted by Gasteiger charge is 2.00. The van der Waals surface area contributed by atoms with Gasteiger partial charge in [-0.2, -0.15) is 0 Å². The number of imidazole rings is 1. The number of aryl methyl sites for hydroxylation is 1.